The molecule has 0 fully saturated rings. The van der Waals surface area contributed by atoms with E-state index < -0.39 is 0 Å². The number of thiazole rings is 1. The fourth-order valence-corrected chi connectivity index (χ4v) is 3.31. The highest BCUT2D eigenvalue weighted by Crippen LogP contribution is 2.28. The normalized spacial score (nSPS) is 10.9. The molecule has 0 saturated heterocycles. The standard InChI is InChI=1S/C16H12N6O2S/c1-8(23)17-10-3-5-12-14(7-10)25-16(18-12)19-15(24)9-2-4-11-13(6-9)21-22-20-11/h2-7H,1H3,(H,17,23)(H,18,19,24)(H,20,21,22). The number of aromatic nitrogens is 4. The smallest absolute Gasteiger partial charge is 0.257 e. The molecule has 2 aromatic heterocycles. The Hall–Kier alpha value is -3.33. The fraction of sp³-hybridized carbons (Fsp3) is 0.0625. The summed E-state index contributed by atoms with van der Waals surface area (Å²) in [5.74, 6) is -0.410. The lowest BCUT2D eigenvalue weighted by Gasteiger charge is -2.00. The summed E-state index contributed by atoms with van der Waals surface area (Å²) in [5, 5.41) is 16.4. The third kappa shape index (κ3) is 3.04. The van der Waals surface area contributed by atoms with Gasteiger partial charge < -0.3 is 5.32 Å². The van der Waals surface area contributed by atoms with E-state index in [2.05, 4.69) is 31.0 Å². The minimum atomic E-state index is -0.272. The second-order valence-electron chi connectivity index (χ2n) is 5.36. The molecule has 8 nitrogen and oxygen atoms in total. The summed E-state index contributed by atoms with van der Waals surface area (Å²) < 4.78 is 0.869. The van der Waals surface area contributed by atoms with Gasteiger partial charge >= 0.3 is 0 Å². The van der Waals surface area contributed by atoms with E-state index in [1.807, 2.05) is 6.07 Å². The molecule has 0 atom stereocenters. The molecule has 9 heteroatoms. The second kappa shape index (κ2) is 5.95. The van der Waals surface area contributed by atoms with E-state index in [0.29, 0.717) is 27.4 Å². The number of anilines is 2. The van der Waals surface area contributed by atoms with E-state index >= 15 is 0 Å². The Morgan fingerprint density at radius 2 is 1.80 bits per heavy atom. The summed E-state index contributed by atoms with van der Waals surface area (Å²) in [6.45, 7) is 1.45. The number of nitrogens with zero attached hydrogens (tertiary/aromatic N) is 3. The molecule has 3 N–H and O–H groups in total. The SMILES string of the molecule is CC(=O)Nc1ccc2nc(NC(=O)c3ccc4n[nH]nc4c3)sc2c1. The number of benzene rings is 2. The van der Waals surface area contributed by atoms with Crippen LogP contribution >= 0.6 is 11.3 Å². The molecule has 2 aromatic carbocycles. The maximum atomic E-state index is 12.4. The summed E-state index contributed by atoms with van der Waals surface area (Å²) in [6, 6.07) is 10.5. The van der Waals surface area contributed by atoms with Crippen LogP contribution in [0.3, 0.4) is 0 Å². The number of fused-ring (bicyclic) bond motifs is 2. The van der Waals surface area contributed by atoms with E-state index in [1.165, 1.54) is 18.3 Å². The molecule has 0 aliphatic carbocycles. The third-order valence-corrected chi connectivity index (χ3v) is 4.44. The predicted octanol–water partition coefficient (Wildman–Crippen LogP) is 2.78. The van der Waals surface area contributed by atoms with Crippen LogP contribution in [0.4, 0.5) is 10.8 Å². The van der Waals surface area contributed by atoms with Crippen LogP contribution < -0.4 is 10.6 Å². The Morgan fingerprint density at radius 3 is 2.64 bits per heavy atom. The van der Waals surface area contributed by atoms with E-state index in [0.717, 1.165) is 10.2 Å². The number of aromatic amines is 1. The second-order valence-corrected chi connectivity index (χ2v) is 6.39. The van der Waals surface area contributed by atoms with Crippen LogP contribution in [0, 0.1) is 0 Å². The number of rotatable bonds is 3. The summed E-state index contributed by atoms with van der Waals surface area (Å²) in [5.41, 5.74) is 3.23. The highest BCUT2D eigenvalue weighted by molar-refractivity contribution is 7.22. The highest BCUT2D eigenvalue weighted by atomic mass is 32.1. The molecule has 0 aliphatic heterocycles. The lowest BCUT2D eigenvalue weighted by Crippen LogP contribution is -2.11. The number of carbonyl (C=O) groups is 2. The Bertz CT molecular complexity index is 1120. The van der Waals surface area contributed by atoms with Crippen LogP contribution in [0.5, 0.6) is 0 Å². The highest BCUT2D eigenvalue weighted by Gasteiger charge is 2.12. The summed E-state index contributed by atoms with van der Waals surface area (Å²) >= 11 is 1.34. The summed E-state index contributed by atoms with van der Waals surface area (Å²) in [7, 11) is 0. The van der Waals surface area contributed by atoms with Gasteiger partial charge in [-0.15, -0.1) is 0 Å². The van der Waals surface area contributed by atoms with Crippen LogP contribution in [0.15, 0.2) is 36.4 Å². The molecular weight excluding hydrogens is 340 g/mol. The molecule has 2 heterocycles. The van der Waals surface area contributed by atoms with Crippen molar-refractivity contribution in [3.63, 3.8) is 0 Å². The number of amides is 2. The Labute approximate surface area is 145 Å². The van der Waals surface area contributed by atoms with Crippen molar-refractivity contribution in [2.45, 2.75) is 6.92 Å². The number of H-pyrrole nitrogens is 1. The Kier molecular flexibility index (Phi) is 3.62. The number of nitrogens with one attached hydrogen (secondary N) is 3. The van der Waals surface area contributed by atoms with Gasteiger partial charge in [-0.2, -0.15) is 15.4 Å². The lowest BCUT2D eigenvalue weighted by molar-refractivity contribution is -0.114. The predicted molar refractivity (Wildman–Crippen MR) is 95.8 cm³/mol. The average molecular weight is 352 g/mol. The van der Waals surface area contributed by atoms with Gasteiger partial charge in [-0.05, 0) is 36.4 Å². The van der Waals surface area contributed by atoms with Crippen molar-refractivity contribution in [1.82, 2.24) is 20.4 Å². The van der Waals surface area contributed by atoms with E-state index in [9.17, 15) is 9.59 Å². The zero-order chi connectivity index (χ0) is 17.4. The van der Waals surface area contributed by atoms with E-state index in [1.54, 1.807) is 30.3 Å². The minimum absolute atomic E-state index is 0.138. The number of hydrogen-bond acceptors (Lipinski definition) is 6. The fourth-order valence-electron chi connectivity index (χ4n) is 2.41. The van der Waals surface area contributed by atoms with Crippen molar-refractivity contribution in [2.24, 2.45) is 0 Å². The van der Waals surface area contributed by atoms with Crippen LogP contribution in [-0.4, -0.2) is 32.2 Å². The van der Waals surface area contributed by atoms with Crippen LogP contribution in [0.1, 0.15) is 17.3 Å². The molecule has 0 unspecified atom stereocenters. The van der Waals surface area contributed by atoms with Gasteiger partial charge in [-0.1, -0.05) is 11.3 Å². The van der Waals surface area contributed by atoms with Crippen LogP contribution in [0.25, 0.3) is 21.3 Å². The van der Waals surface area contributed by atoms with Crippen molar-refractivity contribution >= 4 is 55.2 Å². The zero-order valence-corrected chi connectivity index (χ0v) is 13.8. The Morgan fingerprint density at radius 1 is 1.00 bits per heavy atom. The largest absolute Gasteiger partial charge is 0.326 e. The first-order valence-electron chi connectivity index (χ1n) is 7.38. The van der Waals surface area contributed by atoms with Crippen molar-refractivity contribution in [1.29, 1.82) is 0 Å². The number of carbonyl (C=O) groups excluding carboxylic acids is 2. The van der Waals surface area contributed by atoms with Crippen molar-refractivity contribution in [3.05, 3.63) is 42.0 Å². The van der Waals surface area contributed by atoms with Gasteiger partial charge in [-0.3, -0.25) is 14.9 Å². The first-order chi connectivity index (χ1) is 12.1. The molecule has 2 amide bonds. The summed E-state index contributed by atoms with van der Waals surface area (Å²) in [6.07, 6.45) is 0. The van der Waals surface area contributed by atoms with Gasteiger partial charge in [0, 0.05) is 18.2 Å². The maximum Gasteiger partial charge on any atom is 0.257 e. The molecule has 25 heavy (non-hydrogen) atoms. The molecule has 0 bridgehead atoms. The molecule has 0 radical (unpaired) electrons. The first kappa shape index (κ1) is 15.2. The molecule has 0 aliphatic rings. The third-order valence-electron chi connectivity index (χ3n) is 3.51. The van der Waals surface area contributed by atoms with Gasteiger partial charge in [0.1, 0.15) is 11.0 Å². The zero-order valence-electron chi connectivity index (χ0n) is 13.0. The van der Waals surface area contributed by atoms with Gasteiger partial charge in [0.25, 0.3) is 5.91 Å². The van der Waals surface area contributed by atoms with Gasteiger partial charge in [-0.25, -0.2) is 4.98 Å². The number of hydrogen-bond donors (Lipinski definition) is 3. The minimum Gasteiger partial charge on any atom is -0.326 e. The van der Waals surface area contributed by atoms with E-state index in [4.69, 9.17) is 0 Å². The van der Waals surface area contributed by atoms with Gasteiger partial charge in [0.2, 0.25) is 5.91 Å². The van der Waals surface area contributed by atoms with E-state index in [-0.39, 0.29) is 11.8 Å². The molecule has 124 valence electrons. The Balaban J connectivity index is 1.58. The maximum absolute atomic E-state index is 12.4. The van der Waals surface area contributed by atoms with Crippen molar-refractivity contribution < 1.29 is 9.59 Å². The van der Waals surface area contributed by atoms with Gasteiger partial charge in [0.05, 0.1) is 10.2 Å². The van der Waals surface area contributed by atoms with Crippen LogP contribution in [0.2, 0.25) is 0 Å². The molecule has 4 aromatic rings. The molecule has 0 saturated carbocycles. The van der Waals surface area contributed by atoms with Crippen molar-refractivity contribution in [3.8, 4) is 0 Å². The van der Waals surface area contributed by atoms with Crippen molar-refractivity contribution in [2.75, 3.05) is 10.6 Å². The lowest BCUT2D eigenvalue weighted by atomic mass is 10.2. The average Bonchev–Trinajstić information content (AvgIpc) is 3.18. The molecule has 4 rings (SSSR count). The topological polar surface area (TPSA) is 113 Å². The quantitative estimate of drug-likeness (QED) is 0.525. The first-order valence-corrected chi connectivity index (χ1v) is 8.20. The van der Waals surface area contributed by atoms with Crippen LogP contribution in [-0.2, 0) is 4.79 Å². The monoisotopic (exact) mass is 352 g/mol. The molecular formula is C16H12N6O2S. The van der Waals surface area contributed by atoms with Gasteiger partial charge in [0.15, 0.2) is 5.13 Å². The molecule has 0 spiro atoms. The summed E-state index contributed by atoms with van der Waals surface area (Å²) in [4.78, 5) is 27.9.